The molecule has 0 aliphatic heterocycles. The van der Waals surface area contributed by atoms with Gasteiger partial charge >= 0.3 is 0 Å². The van der Waals surface area contributed by atoms with Gasteiger partial charge in [0, 0.05) is 48.4 Å². The van der Waals surface area contributed by atoms with Crippen molar-refractivity contribution < 1.29 is 9.53 Å². The second kappa shape index (κ2) is 9.47. The number of aromatic nitrogens is 2. The lowest BCUT2D eigenvalue weighted by Crippen LogP contribution is -2.25. The molecule has 2 aromatic heterocycles. The number of hydrogen-bond acceptors (Lipinski definition) is 3. The van der Waals surface area contributed by atoms with E-state index in [9.17, 15) is 4.79 Å². The smallest absolute Gasteiger partial charge is 0.221 e. The molecular formula is C26H27N3O2. The summed E-state index contributed by atoms with van der Waals surface area (Å²) in [6.07, 6.45) is 6.84. The summed E-state index contributed by atoms with van der Waals surface area (Å²) < 4.78 is 5.44. The molecule has 0 aliphatic carbocycles. The minimum absolute atomic E-state index is 0.00216. The molecule has 0 aliphatic rings. The van der Waals surface area contributed by atoms with E-state index in [1.807, 2.05) is 36.5 Å². The summed E-state index contributed by atoms with van der Waals surface area (Å²) in [5.41, 5.74) is 5.57. The molecule has 0 radical (unpaired) electrons. The number of ether oxygens (including phenoxy) is 1. The molecule has 0 bridgehead atoms. The maximum absolute atomic E-state index is 12.9. The highest BCUT2D eigenvalue weighted by molar-refractivity contribution is 5.88. The lowest BCUT2D eigenvalue weighted by molar-refractivity contribution is -0.121. The van der Waals surface area contributed by atoms with Crippen LogP contribution in [0.25, 0.3) is 10.9 Å². The van der Waals surface area contributed by atoms with E-state index in [1.165, 1.54) is 5.56 Å². The summed E-state index contributed by atoms with van der Waals surface area (Å²) in [4.78, 5) is 20.5. The molecule has 5 heteroatoms. The second-order valence-electron chi connectivity index (χ2n) is 7.61. The van der Waals surface area contributed by atoms with Crippen LogP contribution in [0.1, 0.15) is 41.5 Å². The summed E-state index contributed by atoms with van der Waals surface area (Å²) in [6, 6.07) is 18.2. The Morgan fingerprint density at radius 1 is 1.16 bits per heavy atom. The normalized spacial score (nSPS) is 11.9. The molecule has 2 N–H and O–H groups in total. The highest BCUT2D eigenvalue weighted by Gasteiger charge is 2.22. The molecular weight excluding hydrogens is 386 g/mol. The third-order valence-electron chi connectivity index (χ3n) is 5.69. The Kier molecular flexibility index (Phi) is 6.32. The molecule has 1 unspecified atom stereocenters. The number of hydrogen-bond donors (Lipinski definition) is 2. The number of para-hydroxylation sites is 1. The quantitative estimate of drug-likeness (QED) is 0.428. The van der Waals surface area contributed by atoms with Crippen molar-refractivity contribution in [3.8, 4) is 5.75 Å². The van der Waals surface area contributed by atoms with Crippen molar-refractivity contribution in [2.24, 2.45) is 0 Å². The van der Waals surface area contributed by atoms with E-state index < -0.39 is 0 Å². The van der Waals surface area contributed by atoms with E-state index in [1.54, 1.807) is 19.5 Å². The minimum Gasteiger partial charge on any atom is -0.497 e. The highest BCUT2D eigenvalue weighted by atomic mass is 16.5. The third kappa shape index (κ3) is 4.61. The largest absolute Gasteiger partial charge is 0.497 e. The van der Waals surface area contributed by atoms with E-state index in [4.69, 9.17) is 4.74 Å². The molecule has 0 saturated carbocycles. The number of aromatic amines is 1. The average molecular weight is 414 g/mol. The van der Waals surface area contributed by atoms with Crippen LogP contribution < -0.4 is 10.1 Å². The van der Waals surface area contributed by atoms with Crippen molar-refractivity contribution >= 4 is 16.8 Å². The lowest BCUT2D eigenvalue weighted by Gasteiger charge is -2.18. The number of carbonyl (C=O) groups excluding carboxylic acids is 1. The molecule has 0 fully saturated rings. The number of rotatable bonds is 8. The van der Waals surface area contributed by atoms with Gasteiger partial charge in [0.25, 0.3) is 0 Å². The molecule has 0 spiro atoms. The van der Waals surface area contributed by atoms with Crippen molar-refractivity contribution in [3.63, 3.8) is 0 Å². The number of amides is 1. The van der Waals surface area contributed by atoms with E-state index in [0.717, 1.165) is 39.8 Å². The van der Waals surface area contributed by atoms with Crippen LogP contribution in [0.4, 0.5) is 0 Å². The molecule has 2 heterocycles. The Hall–Kier alpha value is -3.60. The van der Waals surface area contributed by atoms with Gasteiger partial charge in [-0.05, 0) is 46.9 Å². The summed E-state index contributed by atoms with van der Waals surface area (Å²) in [7, 11) is 1.66. The van der Waals surface area contributed by atoms with Crippen LogP contribution in [-0.4, -0.2) is 23.0 Å². The number of aryl methyl sites for hydroxylation is 1. The first-order valence-corrected chi connectivity index (χ1v) is 10.6. The maximum Gasteiger partial charge on any atom is 0.221 e. The summed E-state index contributed by atoms with van der Waals surface area (Å²) in [6.45, 7) is 2.62. The van der Waals surface area contributed by atoms with Crippen LogP contribution in [-0.2, 0) is 17.8 Å². The topological polar surface area (TPSA) is 67.0 Å². The number of pyridine rings is 1. The van der Waals surface area contributed by atoms with Crippen LogP contribution in [0.5, 0.6) is 5.75 Å². The van der Waals surface area contributed by atoms with E-state index in [2.05, 4.69) is 46.5 Å². The van der Waals surface area contributed by atoms with Gasteiger partial charge in [-0.25, -0.2) is 0 Å². The molecule has 2 aromatic carbocycles. The number of H-pyrrole nitrogens is 1. The van der Waals surface area contributed by atoms with Gasteiger partial charge in [-0.15, -0.1) is 0 Å². The van der Waals surface area contributed by atoms with Crippen LogP contribution in [0.3, 0.4) is 0 Å². The summed E-state index contributed by atoms with van der Waals surface area (Å²) >= 11 is 0. The Labute approximate surface area is 182 Å². The van der Waals surface area contributed by atoms with E-state index in [-0.39, 0.29) is 11.8 Å². The van der Waals surface area contributed by atoms with Gasteiger partial charge in [0.05, 0.1) is 7.11 Å². The fourth-order valence-corrected chi connectivity index (χ4v) is 4.05. The Morgan fingerprint density at radius 2 is 2.03 bits per heavy atom. The molecule has 0 saturated heterocycles. The fraction of sp³-hybridized carbons (Fsp3) is 0.231. The zero-order chi connectivity index (χ0) is 21.6. The SMILES string of the molecule is CCc1cccc2c(C(CC(=O)NCc3cccnc3)c3cccc(OC)c3)c[nH]c12. The third-order valence-corrected chi connectivity index (χ3v) is 5.69. The molecule has 158 valence electrons. The van der Waals surface area contributed by atoms with E-state index in [0.29, 0.717) is 13.0 Å². The predicted octanol–water partition coefficient (Wildman–Crippen LogP) is 4.97. The van der Waals surface area contributed by atoms with Gasteiger partial charge in [-0.3, -0.25) is 9.78 Å². The Morgan fingerprint density at radius 3 is 2.81 bits per heavy atom. The zero-order valence-electron chi connectivity index (χ0n) is 17.9. The average Bonchev–Trinajstić information content (AvgIpc) is 3.26. The first kappa shape index (κ1) is 20.7. The Balaban J connectivity index is 1.66. The van der Waals surface area contributed by atoms with Crippen LogP contribution in [0.2, 0.25) is 0 Å². The molecule has 5 nitrogen and oxygen atoms in total. The van der Waals surface area contributed by atoms with Gasteiger partial charge in [0.1, 0.15) is 5.75 Å². The number of nitrogens with zero attached hydrogens (tertiary/aromatic N) is 1. The second-order valence-corrected chi connectivity index (χ2v) is 7.61. The number of fused-ring (bicyclic) bond motifs is 1. The predicted molar refractivity (Wildman–Crippen MR) is 123 cm³/mol. The maximum atomic E-state index is 12.9. The van der Waals surface area contributed by atoms with Crippen molar-refractivity contribution in [1.82, 2.24) is 15.3 Å². The molecule has 31 heavy (non-hydrogen) atoms. The first-order valence-electron chi connectivity index (χ1n) is 10.6. The Bertz CT molecular complexity index is 1170. The van der Waals surface area contributed by atoms with Crippen molar-refractivity contribution in [1.29, 1.82) is 0 Å². The van der Waals surface area contributed by atoms with Crippen LogP contribution in [0.15, 0.2) is 73.2 Å². The van der Waals surface area contributed by atoms with Gasteiger partial charge in [-0.1, -0.05) is 43.3 Å². The van der Waals surface area contributed by atoms with Gasteiger partial charge in [0.2, 0.25) is 5.91 Å². The van der Waals surface area contributed by atoms with Gasteiger partial charge in [0.15, 0.2) is 0 Å². The summed E-state index contributed by atoms with van der Waals surface area (Å²) in [5, 5.41) is 4.20. The lowest BCUT2D eigenvalue weighted by atomic mass is 9.87. The summed E-state index contributed by atoms with van der Waals surface area (Å²) in [5.74, 6) is 0.690. The van der Waals surface area contributed by atoms with Crippen LogP contribution in [0, 0.1) is 0 Å². The molecule has 4 aromatic rings. The number of nitrogens with one attached hydrogen (secondary N) is 2. The van der Waals surface area contributed by atoms with Crippen molar-refractivity contribution in [2.45, 2.75) is 32.2 Å². The zero-order valence-corrected chi connectivity index (χ0v) is 17.9. The first-order chi connectivity index (χ1) is 15.2. The van der Waals surface area contributed by atoms with Gasteiger partial charge in [-0.2, -0.15) is 0 Å². The fourth-order valence-electron chi connectivity index (χ4n) is 4.05. The molecule has 1 amide bonds. The van der Waals surface area contributed by atoms with Crippen molar-refractivity contribution in [3.05, 3.63) is 95.4 Å². The standard InChI is InChI=1S/C26H27N3O2/c1-3-19-8-5-11-22-24(17-29-26(19)22)23(20-9-4-10-21(13-20)31-2)14-25(30)28-16-18-7-6-12-27-15-18/h4-13,15,17,23,29H,3,14,16H2,1-2H3,(H,28,30). The van der Waals surface area contributed by atoms with E-state index >= 15 is 0 Å². The van der Waals surface area contributed by atoms with Gasteiger partial charge < -0.3 is 15.0 Å². The van der Waals surface area contributed by atoms with Crippen LogP contribution >= 0.6 is 0 Å². The molecule has 4 rings (SSSR count). The number of carbonyl (C=O) groups is 1. The number of benzene rings is 2. The monoisotopic (exact) mass is 413 g/mol. The van der Waals surface area contributed by atoms with Crippen molar-refractivity contribution in [2.75, 3.05) is 7.11 Å². The highest BCUT2D eigenvalue weighted by Crippen LogP contribution is 2.35. The number of methoxy groups -OCH3 is 1. The molecule has 1 atom stereocenters. The minimum atomic E-state index is -0.0927.